The maximum atomic E-state index is 8.86. The van der Waals surface area contributed by atoms with Crippen LogP contribution in [0.15, 0.2) is 42.6 Å². The number of ether oxygens (including phenoxy) is 1. The Morgan fingerprint density at radius 2 is 2.05 bits per heavy atom. The van der Waals surface area contributed by atoms with Crippen molar-refractivity contribution >= 4 is 0 Å². The lowest BCUT2D eigenvalue weighted by Crippen LogP contribution is -2.11. The van der Waals surface area contributed by atoms with Gasteiger partial charge in [-0.05, 0) is 26.2 Å². The topological polar surface area (TPSA) is 49.1 Å². The van der Waals surface area contributed by atoms with Crippen molar-refractivity contribution in [3.8, 4) is 17.7 Å². The van der Waals surface area contributed by atoms with Gasteiger partial charge in [0, 0.05) is 24.4 Å². The van der Waals surface area contributed by atoms with Crippen LogP contribution in [0, 0.1) is 11.3 Å². The molecule has 0 saturated heterocycles. The monoisotopic (exact) mass is 253 g/mol. The van der Waals surface area contributed by atoms with Crippen LogP contribution in [0.5, 0.6) is 11.6 Å². The number of pyridine rings is 1. The van der Waals surface area contributed by atoms with Gasteiger partial charge in [0.2, 0.25) is 5.88 Å². The number of hydrogen-bond acceptors (Lipinski definition) is 4. The van der Waals surface area contributed by atoms with Crippen LogP contribution in [0.4, 0.5) is 0 Å². The highest BCUT2D eigenvalue weighted by Crippen LogP contribution is 2.24. The molecule has 0 amide bonds. The molecule has 0 fully saturated rings. The minimum Gasteiger partial charge on any atom is -0.439 e. The third-order valence-corrected chi connectivity index (χ3v) is 2.54. The molecular weight excluding hydrogens is 238 g/mol. The molecule has 4 heteroatoms. The fourth-order valence-corrected chi connectivity index (χ4v) is 1.72. The van der Waals surface area contributed by atoms with Gasteiger partial charge < -0.3 is 9.64 Å². The van der Waals surface area contributed by atoms with Gasteiger partial charge in [-0.1, -0.05) is 18.2 Å². The molecule has 0 unspecified atom stereocenters. The van der Waals surface area contributed by atoms with Crippen molar-refractivity contribution < 1.29 is 4.74 Å². The van der Waals surface area contributed by atoms with E-state index in [1.807, 2.05) is 38.4 Å². The molecule has 2 rings (SSSR count). The van der Waals surface area contributed by atoms with Gasteiger partial charge in [-0.15, -0.1) is 0 Å². The van der Waals surface area contributed by atoms with Crippen molar-refractivity contribution in [3.05, 3.63) is 53.7 Å². The maximum absolute atomic E-state index is 8.86. The first kappa shape index (κ1) is 13.1. The van der Waals surface area contributed by atoms with E-state index in [1.165, 1.54) is 0 Å². The Balaban J connectivity index is 2.25. The van der Waals surface area contributed by atoms with Gasteiger partial charge in [0.1, 0.15) is 5.75 Å². The number of aromatic nitrogens is 1. The third kappa shape index (κ3) is 3.54. The van der Waals surface area contributed by atoms with Crippen LogP contribution in [0.1, 0.15) is 11.1 Å². The standard InChI is InChI=1S/C15H15N3O/c1-18(2)11-13-5-3-4-6-14(13)19-15-9-12(10-16)7-8-17-15/h3-9H,11H2,1-2H3. The van der Waals surface area contributed by atoms with Crippen molar-refractivity contribution in [2.45, 2.75) is 6.54 Å². The van der Waals surface area contributed by atoms with Crippen LogP contribution < -0.4 is 4.74 Å². The second kappa shape index (κ2) is 5.98. The largest absolute Gasteiger partial charge is 0.439 e. The summed E-state index contributed by atoms with van der Waals surface area (Å²) < 4.78 is 5.76. The lowest BCUT2D eigenvalue weighted by Gasteiger charge is -2.14. The highest BCUT2D eigenvalue weighted by atomic mass is 16.5. The first-order chi connectivity index (χ1) is 9.19. The number of rotatable bonds is 4. The summed E-state index contributed by atoms with van der Waals surface area (Å²) in [6.45, 7) is 0.786. The van der Waals surface area contributed by atoms with Gasteiger partial charge in [0.15, 0.2) is 0 Å². The van der Waals surface area contributed by atoms with Crippen LogP contribution in [-0.4, -0.2) is 24.0 Å². The molecule has 0 radical (unpaired) electrons. The highest BCUT2D eigenvalue weighted by Gasteiger charge is 2.06. The zero-order valence-corrected chi connectivity index (χ0v) is 11.0. The average Bonchev–Trinajstić information content (AvgIpc) is 2.41. The molecule has 0 aliphatic carbocycles. The molecule has 1 heterocycles. The second-order valence-electron chi connectivity index (χ2n) is 4.44. The quantitative estimate of drug-likeness (QED) is 0.840. The Morgan fingerprint density at radius 3 is 2.79 bits per heavy atom. The third-order valence-electron chi connectivity index (χ3n) is 2.54. The number of para-hydroxylation sites is 1. The molecule has 1 aromatic heterocycles. The Labute approximate surface area is 112 Å². The fraction of sp³-hybridized carbons (Fsp3) is 0.200. The van der Waals surface area contributed by atoms with Gasteiger partial charge in [0.05, 0.1) is 11.6 Å². The fourth-order valence-electron chi connectivity index (χ4n) is 1.72. The van der Waals surface area contributed by atoms with Crippen LogP contribution in [0.25, 0.3) is 0 Å². The summed E-state index contributed by atoms with van der Waals surface area (Å²) in [5.74, 6) is 1.20. The molecule has 0 aliphatic heterocycles. The van der Waals surface area contributed by atoms with Gasteiger partial charge in [-0.25, -0.2) is 4.98 Å². The molecule has 0 bridgehead atoms. The lowest BCUT2D eigenvalue weighted by atomic mass is 10.2. The predicted octanol–water partition coefficient (Wildman–Crippen LogP) is 2.81. The summed E-state index contributed by atoms with van der Waals surface area (Å²) in [7, 11) is 4.01. The van der Waals surface area contributed by atoms with Crippen LogP contribution in [0.2, 0.25) is 0 Å². The van der Waals surface area contributed by atoms with Gasteiger partial charge in [0.25, 0.3) is 0 Å². The number of nitrogens with zero attached hydrogens (tertiary/aromatic N) is 3. The molecule has 19 heavy (non-hydrogen) atoms. The molecule has 1 aromatic carbocycles. The highest BCUT2D eigenvalue weighted by molar-refractivity contribution is 5.38. The van der Waals surface area contributed by atoms with E-state index in [2.05, 4.69) is 16.0 Å². The zero-order valence-electron chi connectivity index (χ0n) is 11.0. The molecule has 0 N–H and O–H groups in total. The summed E-state index contributed by atoms with van der Waals surface area (Å²) in [6, 6.07) is 13.2. The van der Waals surface area contributed by atoms with Crippen molar-refractivity contribution in [2.75, 3.05) is 14.1 Å². The first-order valence-corrected chi connectivity index (χ1v) is 5.95. The molecular formula is C15H15N3O. The lowest BCUT2D eigenvalue weighted by molar-refractivity contribution is 0.386. The summed E-state index contributed by atoms with van der Waals surface area (Å²) in [4.78, 5) is 6.19. The van der Waals surface area contributed by atoms with Crippen molar-refractivity contribution in [3.63, 3.8) is 0 Å². The van der Waals surface area contributed by atoms with E-state index in [-0.39, 0.29) is 0 Å². The number of nitriles is 1. The van der Waals surface area contributed by atoms with E-state index in [0.29, 0.717) is 11.4 Å². The normalized spacial score (nSPS) is 10.2. The Morgan fingerprint density at radius 1 is 1.26 bits per heavy atom. The summed E-state index contributed by atoms with van der Waals surface area (Å²) in [6.07, 6.45) is 1.57. The zero-order chi connectivity index (χ0) is 13.7. The Kier molecular flexibility index (Phi) is 4.11. The van der Waals surface area contributed by atoms with Gasteiger partial charge in [-0.3, -0.25) is 0 Å². The van der Waals surface area contributed by atoms with Crippen LogP contribution >= 0.6 is 0 Å². The van der Waals surface area contributed by atoms with Gasteiger partial charge in [-0.2, -0.15) is 5.26 Å². The van der Waals surface area contributed by atoms with Crippen molar-refractivity contribution in [1.29, 1.82) is 5.26 Å². The maximum Gasteiger partial charge on any atom is 0.220 e. The molecule has 4 nitrogen and oxygen atoms in total. The average molecular weight is 253 g/mol. The van der Waals surface area contributed by atoms with E-state index in [4.69, 9.17) is 10.00 Å². The molecule has 2 aromatic rings. The van der Waals surface area contributed by atoms with Crippen molar-refractivity contribution in [2.24, 2.45) is 0 Å². The first-order valence-electron chi connectivity index (χ1n) is 5.95. The summed E-state index contributed by atoms with van der Waals surface area (Å²) in [5, 5.41) is 8.86. The summed E-state index contributed by atoms with van der Waals surface area (Å²) >= 11 is 0. The van der Waals surface area contributed by atoms with Gasteiger partial charge >= 0.3 is 0 Å². The molecule has 0 spiro atoms. The SMILES string of the molecule is CN(C)Cc1ccccc1Oc1cc(C#N)ccn1. The minimum absolute atomic E-state index is 0.435. The van der Waals surface area contributed by atoms with Crippen LogP contribution in [0.3, 0.4) is 0 Å². The molecule has 0 atom stereocenters. The molecule has 0 saturated carbocycles. The second-order valence-corrected chi connectivity index (χ2v) is 4.44. The summed E-state index contributed by atoms with van der Waals surface area (Å²) in [5.41, 5.74) is 1.62. The molecule has 96 valence electrons. The Bertz CT molecular complexity index is 602. The van der Waals surface area contributed by atoms with E-state index in [9.17, 15) is 0 Å². The van der Waals surface area contributed by atoms with Crippen LogP contribution in [-0.2, 0) is 6.54 Å². The van der Waals surface area contributed by atoms with E-state index in [1.54, 1.807) is 18.3 Å². The smallest absolute Gasteiger partial charge is 0.220 e. The van der Waals surface area contributed by atoms with E-state index in [0.717, 1.165) is 17.9 Å². The van der Waals surface area contributed by atoms with Crippen molar-refractivity contribution in [1.82, 2.24) is 9.88 Å². The molecule has 0 aliphatic rings. The number of benzene rings is 1. The number of hydrogen-bond donors (Lipinski definition) is 0. The van der Waals surface area contributed by atoms with E-state index < -0.39 is 0 Å². The Hall–Kier alpha value is -2.38. The minimum atomic E-state index is 0.435. The van der Waals surface area contributed by atoms with E-state index >= 15 is 0 Å². The predicted molar refractivity (Wildman–Crippen MR) is 72.9 cm³/mol.